The molecule has 0 bridgehead atoms. The molecule has 4 aliphatic carbocycles. The molecule has 2 atom stereocenters. The van der Waals surface area contributed by atoms with Crippen LogP contribution in [0.2, 0.25) is 0 Å². The van der Waals surface area contributed by atoms with E-state index in [2.05, 4.69) is 113 Å². The van der Waals surface area contributed by atoms with Crippen molar-refractivity contribution in [2.24, 2.45) is 9.98 Å². The maximum atomic E-state index is 4.77. The van der Waals surface area contributed by atoms with Gasteiger partial charge in [-0.15, -0.1) is 11.8 Å². The Labute approximate surface area is 376 Å². The first kappa shape index (κ1) is 53.1. The van der Waals surface area contributed by atoms with E-state index in [1.807, 2.05) is 24.6 Å². The topological polar surface area (TPSA) is 50.5 Å². The van der Waals surface area contributed by atoms with Gasteiger partial charge in [0.25, 0.3) is 0 Å². The van der Waals surface area contributed by atoms with Crippen LogP contribution in [-0.2, 0) is 34.1 Å². The van der Waals surface area contributed by atoms with Gasteiger partial charge in [0.05, 0.1) is 35.2 Å². The van der Waals surface area contributed by atoms with Crippen molar-refractivity contribution in [3.63, 3.8) is 0 Å². The van der Waals surface area contributed by atoms with Crippen LogP contribution in [-0.4, -0.2) is 22.4 Å². The normalized spacial score (nSPS) is 18.0. The van der Waals surface area contributed by atoms with Gasteiger partial charge in [-0.25, -0.2) is 0 Å². The van der Waals surface area contributed by atoms with Gasteiger partial charge in [-0.3, -0.25) is 20.0 Å². The van der Waals surface area contributed by atoms with Gasteiger partial charge in [0.1, 0.15) is 0 Å². The van der Waals surface area contributed by atoms with Crippen LogP contribution in [0.25, 0.3) is 0 Å². The van der Waals surface area contributed by atoms with E-state index >= 15 is 0 Å². The predicted molar refractivity (Wildman–Crippen MR) is 245 cm³/mol. The molecule has 0 N–H and O–H groups in total. The summed E-state index contributed by atoms with van der Waals surface area (Å²) in [5.74, 6) is 1.05. The number of benzene rings is 2. The fourth-order valence-corrected chi connectivity index (χ4v) is 8.36. The smallest absolute Gasteiger partial charge is 0.358 e. The Hall–Kier alpha value is -2.88. The van der Waals surface area contributed by atoms with Gasteiger partial charge in [-0.2, -0.15) is 12.8 Å². The van der Waals surface area contributed by atoms with Crippen LogP contribution < -0.4 is 0 Å². The van der Waals surface area contributed by atoms with Crippen LogP contribution >= 0.6 is 0 Å². The first-order valence-corrected chi connectivity index (χ1v) is 21.1. The molecule has 2 heterocycles. The second-order valence-corrected chi connectivity index (χ2v) is 16.1. The number of hydrogen-bond acceptors (Lipinski definition) is 4. The standard InChI is InChI=1S/2C20H23N2.2C5H10.2CH3.2Fe/c2*1-14-11-15(2)20(16(3)12-14)21-13-18-9-6-10-19(22-18)17-7-4-5-8-17;2*1-2-4-5-3-1;;;;/h2*6-7,9-13,17H,4-5,8H2,1-3H3;2*1-5H2;2*1H3;;/q2*-1;;;2*-1;2*+2. The molecule has 0 radical (unpaired) electrons. The Balaban J connectivity index is 0.000000441. The van der Waals surface area contributed by atoms with Gasteiger partial charge in [-0.1, -0.05) is 137 Å². The van der Waals surface area contributed by atoms with Crippen molar-refractivity contribution >= 4 is 23.8 Å². The molecule has 316 valence electrons. The predicted octanol–water partition coefficient (Wildman–Crippen LogP) is 15.3. The van der Waals surface area contributed by atoms with Crippen molar-refractivity contribution in [2.45, 2.75) is 156 Å². The molecule has 2 unspecified atom stereocenters. The summed E-state index contributed by atoms with van der Waals surface area (Å²) in [6, 6.07) is 21.2. The fourth-order valence-electron chi connectivity index (χ4n) is 8.36. The monoisotopic (exact) mass is 864 g/mol. The van der Waals surface area contributed by atoms with Crippen molar-refractivity contribution in [3.05, 3.63) is 145 Å². The molecule has 0 aliphatic heterocycles. The third-order valence-electron chi connectivity index (χ3n) is 11.1. The quantitative estimate of drug-likeness (QED) is 0.110. The fraction of sp³-hybridized carbons (Fsp3) is 0.462. The number of aliphatic imine (C=N–C) groups is 2. The largest absolute Gasteiger partial charge is 2.00 e. The van der Waals surface area contributed by atoms with Crippen LogP contribution in [0.15, 0.2) is 70.6 Å². The number of rotatable bonds is 6. The van der Waals surface area contributed by atoms with Gasteiger partial charge in [-0.05, 0) is 88.1 Å². The van der Waals surface area contributed by atoms with E-state index < -0.39 is 0 Å². The summed E-state index contributed by atoms with van der Waals surface area (Å²) in [5.41, 5.74) is 13.8. The molecule has 4 aromatic rings. The van der Waals surface area contributed by atoms with Crippen molar-refractivity contribution < 1.29 is 34.1 Å². The van der Waals surface area contributed by atoms with E-state index in [-0.39, 0.29) is 49.0 Å². The average molecular weight is 865 g/mol. The molecule has 4 aliphatic rings. The van der Waals surface area contributed by atoms with Crippen LogP contribution in [0.4, 0.5) is 11.4 Å². The van der Waals surface area contributed by atoms with Crippen molar-refractivity contribution in [2.75, 3.05) is 0 Å². The third kappa shape index (κ3) is 17.4. The maximum absolute atomic E-state index is 4.77. The summed E-state index contributed by atoms with van der Waals surface area (Å²) in [7, 11) is 0. The molecule has 4 nitrogen and oxygen atoms in total. The Morgan fingerprint density at radius 1 is 0.483 bits per heavy atom. The van der Waals surface area contributed by atoms with E-state index in [0.717, 1.165) is 22.8 Å². The molecule has 58 heavy (non-hydrogen) atoms. The van der Waals surface area contributed by atoms with E-state index in [4.69, 9.17) is 9.97 Å². The summed E-state index contributed by atoms with van der Waals surface area (Å²) >= 11 is 0. The number of hydrogen-bond donors (Lipinski definition) is 0. The van der Waals surface area contributed by atoms with E-state index in [0.29, 0.717) is 11.8 Å². The van der Waals surface area contributed by atoms with Crippen LogP contribution in [0.5, 0.6) is 0 Å². The molecular weight excluding hydrogens is 792 g/mol. The van der Waals surface area contributed by atoms with Gasteiger partial charge in [0.2, 0.25) is 0 Å². The molecule has 6 heteroatoms. The van der Waals surface area contributed by atoms with Gasteiger partial charge in [0, 0.05) is 11.4 Å². The SMILES string of the molecule is C1CCCC1.C1CCCC1.Cc1cc(C)c(N=Cc2cccc(C3[CH-]CCC3)n2)c(C)c1.Cc1cc(C)c(N=Cc2cccc(C3[CH-]CCC3)n2)c(C)c1.[CH3-].[CH3-].[Fe+2].[Fe+2]. The Kier molecular flexibility index (Phi) is 26.2. The minimum absolute atomic E-state index is 0. The zero-order valence-electron chi connectivity index (χ0n) is 37.0. The summed E-state index contributed by atoms with van der Waals surface area (Å²) in [4.78, 5) is 18.9. The van der Waals surface area contributed by atoms with E-state index in [1.165, 1.54) is 148 Å². The van der Waals surface area contributed by atoms with Gasteiger partial charge < -0.3 is 27.7 Å². The Morgan fingerprint density at radius 2 is 0.793 bits per heavy atom. The third-order valence-corrected chi connectivity index (χ3v) is 11.1. The minimum Gasteiger partial charge on any atom is -0.358 e. The van der Waals surface area contributed by atoms with E-state index in [9.17, 15) is 0 Å². The first-order valence-electron chi connectivity index (χ1n) is 21.1. The van der Waals surface area contributed by atoms with E-state index in [1.54, 1.807) is 0 Å². The molecule has 4 saturated carbocycles. The first-order chi connectivity index (χ1) is 26.3. The van der Waals surface area contributed by atoms with Gasteiger partial charge >= 0.3 is 34.1 Å². The summed E-state index contributed by atoms with van der Waals surface area (Å²) in [6.45, 7) is 12.7. The summed E-state index contributed by atoms with van der Waals surface area (Å²) < 4.78 is 0. The zero-order valence-corrected chi connectivity index (χ0v) is 39.3. The Morgan fingerprint density at radius 3 is 1.07 bits per heavy atom. The average Bonchev–Trinajstić information content (AvgIpc) is 4.00. The number of aryl methyl sites for hydroxylation is 6. The number of pyridine rings is 2. The maximum Gasteiger partial charge on any atom is 2.00 e. The van der Waals surface area contributed by atoms with Crippen LogP contribution in [0.1, 0.15) is 171 Å². The minimum atomic E-state index is 0. The molecule has 2 aromatic carbocycles. The molecule has 2 aromatic heterocycles. The number of aromatic nitrogens is 2. The molecule has 0 amide bonds. The van der Waals surface area contributed by atoms with Crippen LogP contribution in [0.3, 0.4) is 0 Å². The van der Waals surface area contributed by atoms with Crippen LogP contribution in [0, 0.1) is 69.2 Å². The van der Waals surface area contributed by atoms with Crippen molar-refractivity contribution in [1.29, 1.82) is 0 Å². The van der Waals surface area contributed by atoms with Crippen molar-refractivity contribution in [3.8, 4) is 0 Å². The number of nitrogens with zero attached hydrogens (tertiary/aromatic N) is 4. The second-order valence-electron chi connectivity index (χ2n) is 16.1. The summed E-state index contributed by atoms with van der Waals surface area (Å²) in [5, 5.41) is 0. The molecule has 8 rings (SSSR count). The molecule has 4 fully saturated rings. The Bertz CT molecular complexity index is 1620. The zero-order chi connectivity index (χ0) is 38.1. The van der Waals surface area contributed by atoms with Crippen molar-refractivity contribution in [1.82, 2.24) is 9.97 Å². The summed E-state index contributed by atoms with van der Waals surface area (Å²) in [6.07, 6.45) is 31.0. The second kappa shape index (κ2) is 28.6. The van der Waals surface area contributed by atoms with Gasteiger partial charge in [0.15, 0.2) is 0 Å². The molecular formula is C52H72Fe2N4. The molecule has 0 spiro atoms. The molecule has 0 saturated heterocycles.